The van der Waals surface area contributed by atoms with Crippen molar-refractivity contribution in [1.82, 2.24) is 4.90 Å². The first-order chi connectivity index (χ1) is 7.84. The summed E-state index contributed by atoms with van der Waals surface area (Å²) in [6.07, 6.45) is 6.41. The van der Waals surface area contributed by atoms with Gasteiger partial charge in [-0.05, 0) is 68.5 Å². The van der Waals surface area contributed by atoms with Gasteiger partial charge in [-0.15, -0.1) is 0 Å². The van der Waals surface area contributed by atoms with E-state index in [1.54, 1.807) is 0 Å². The highest BCUT2D eigenvalue weighted by atomic mass is 16.3. The van der Waals surface area contributed by atoms with Crippen molar-refractivity contribution in [3.63, 3.8) is 0 Å². The van der Waals surface area contributed by atoms with Crippen LogP contribution in [0.1, 0.15) is 42.9 Å². The number of phenols is 1. The van der Waals surface area contributed by atoms with E-state index in [1.165, 1.54) is 56.3 Å². The van der Waals surface area contributed by atoms with Crippen molar-refractivity contribution in [2.45, 2.75) is 38.1 Å². The molecule has 2 heteroatoms. The predicted octanol–water partition coefficient (Wildman–Crippen LogP) is 2.87. The molecule has 1 atom stereocenters. The zero-order chi connectivity index (χ0) is 11.0. The van der Waals surface area contributed by atoms with Gasteiger partial charge in [0.25, 0.3) is 0 Å². The molecular formula is C14H19NO. The lowest BCUT2D eigenvalue weighted by Crippen LogP contribution is -2.28. The number of phenolic OH excluding ortho intramolecular Hbond substituents is 1. The molecule has 0 spiro atoms. The largest absolute Gasteiger partial charge is 0.508 e. The smallest absolute Gasteiger partial charge is 0.115 e. The van der Waals surface area contributed by atoms with E-state index < -0.39 is 0 Å². The lowest BCUT2D eigenvalue weighted by atomic mass is 9.87. The minimum atomic E-state index is 0.421. The third-order valence-corrected chi connectivity index (χ3v) is 3.99. The van der Waals surface area contributed by atoms with Gasteiger partial charge in [0.1, 0.15) is 5.75 Å². The monoisotopic (exact) mass is 217 g/mol. The molecule has 2 nitrogen and oxygen atoms in total. The first-order valence-corrected chi connectivity index (χ1v) is 6.40. The van der Waals surface area contributed by atoms with Crippen molar-refractivity contribution >= 4 is 0 Å². The molecule has 1 aliphatic carbocycles. The van der Waals surface area contributed by atoms with Crippen LogP contribution in [0.4, 0.5) is 0 Å². The molecule has 0 radical (unpaired) electrons. The van der Waals surface area contributed by atoms with Crippen molar-refractivity contribution < 1.29 is 5.11 Å². The first-order valence-electron chi connectivity index (χ1n) is 6.40. The summed E-state index contributed by atoms with van der Waals surface area (Å²) in [6.45, 7) is 2.47. The minimum Gasteiger partial charge on any atom is -0.508 e. The van der Waals surface area contributed by atoms with E-state index in [-0.39, 0.29) is 0 Å². The lowest BCUT2D eigenvalue weighted by Gasteiger charge is -2.33. The molecule has 1 aliphatic heterocycles. The molecule has 0 aromatic heterocycles. The zero-order valence-corrected chi connectivity index (χ0v) is 9.65. The van der Waals surface area contributed by atoms with Gasteiger partial charge in [0, 0.05) is 6.04 Å². The summed E-state index contributed by atoms with van der Waals surface area (Å²) >= 11 is 0. The van der Waals surface area contributed by atoms with E-state index in [0.717, 1.165) is 0 Å². The van der Waals surface area contributed by atoms with E-state index in [9.17, 15) is 5.11 Å². The van der Waals surface area contributed by atoms with Gasteiger partial charge in [-0.1, -0.05) is 6.07 Å². The molecule has 0 amide bonds. The number of aryl methyl sites for hydroxylation is 1. The predicted molar refractivity (Wildman–Crippen MR) is 64.6 cm³/mol. The Labute approximate surface area is 96.9 Å². The Bertz CT molecular complexity index is 382. The summed E-state index contributed by atoms with van der Waals surface area (Å²) in [4.78, 5) is 2.59. The van der Waals surface area contributed by atoms with Crippen LogP contribution < -0.4 is 0 Å². The SMILES string of the molecule is Oc1ccc2c(c1)C(N1CCCC1)CCC2. The van der Waals surface area contributed by atoms with Crippen LogP contribution in [-0.2, 0) is 6.42 Å². The molecule has 1 heterocycles. The number of fused-ring (bicyclic) bond motifs is 1. The van der Waals surface area contributed by atoms with Crippen molar-refractivity contribution in [3.8, 4) is 5.75 Å². The lowest BCUT2D eigenvalue weighted by molar-refractivity contribution is 0.221. The van der Waals surface area contributed by atoms with Crippen molar-refractivity contribution in [3.05, 3.63) is 29.3 Å². The maximum atomic E-state index is 9.63. The minimum absolute atomic E-state index is 0.421. The molecule has 2 aliphatic rings. The van der Waals surface area contributed by atoms with Crippen molar-refractivity contribution in [2.75, 3.05) is 13.1 Å². The molecule has 1 saturated heterocycles. The summed E-state index contributed by atoms with van der Waals surface area (Å²) < 4.78 is 0. The molecule has 1 aromatic rings. The van der Waals surface area contributed by atoms with Crippen LogP contribution in [0.5, 0.6) is 5.75 Å². The number of rotatable bonds is 1. The molecule has 3 rings (SSSR count). The van der Waals surface area contributed by atoms with Crippen molar-refractivity contribution in [2.24, 2.45) is 0 Å². The van der Waals surface area contributed by atoms with E-state index in [1.807, 2.05) is 12.1 Å². The van der Waals surface area contributed by atoms with E-state index >= 15 is 0 Å². The average molecular weight is 217 g/mol. The normalized spacial score (nSPS) is 25.6. The quantitative estimate of drug-likeness (QED) is 0.782. The highest BCUT2D eigenvalue weighted by molar-refractivity contribution is 5.38. The van der Waals surface area contributed by atoms with Gasteiger partial charge in [0.15, 0.2) is 0 Å². The Morgan fingerprint density at radius 3 is 2.75 bits per heavy atom. The Hall–Kier alpha value is -1.02. The van der Waals surface area contributed by atoms with Gasteiger partial charge in [0.2, 0.25) is 0 Å². The summed E-state index contributed by atoms with van der Waals surface area (Å²) in [5.41, 5.74) is 2.83. The van der Waals surface area contributed by atoms with Crippen LogP contribution in [0, 0.1) is 0 Å². The molecule has 86 valence electrons. The van der Waals surface area contributed by atoms with Gasteiger partial charge in [-0.3, -0.25) is 4.90 Å². The Balaban J connectivity index is 1.94. The van der Waals surface area contributed by atoms with Crippen LogP contribution >= 0.6 is 0 Å². The Morgan fingerprint density at radius 2 is 1.94 bits per heavy atom. The Kier molecular flexibility index (Phi) is 2.60. The molecule has 1 aromatic carbocycles. The fraction of sp³-hybridized carbons (Fsp3) is 0.571. The van der Waals surface area contributed by atoms with E-state index in [0.29, 0.717) is 11.8 Å². The molecule has 1 N–H and O–H groups in total. The van der Waals surface area contributed by atoms with Crippen LogP contribution in [0.3, 0.4) is 0 Å². The fourth-order valence-electron chi connectivity index (χ4n) is 3.19. The highest BCUT2D eigenvalue weighted by Crippen LogP contribution is 2.37. The summed E-state index contributed by atoms with van der Waals surface area (Å²) in [6, 6.07) is 6.48. The second-order valence-electron chi connectivity index (χ2n) is 5.03. The van der Waals surface area contributed by atoms with Crippen LogP contribution in [-0.4, -0.2) is 23.1 Å². The topological polar surface area (TPSA) is 23.5 Å². The van der Waals surface area contributed by atoms with E-state index in [2.05, 4.69) is 11.0 Å². The molecule has 0 saturated carbocycles. The summed E-state index contributed by atoms with van der Waals surface area (Å²) in [5.74, 6) is 0.421. The molecule has 1 fully saturated rings. The van der Waals surface area contributed by atoms with E-state index in [4.69, 9.17) is 0 Å². The Morgan fingerprint density at radius 1 is 1.12 bits per heavy atom. The third-order valence-electron chi connectivity index (χ3n) is 3.99. The number of hydrogen-bond donors (Lipinski definition) is 1. The second-order valence-corrected chi connectivity index (χ2v) is 5.03. The molecule has 16 heavy (non-hydrogen) atoms. The number of likely N-dealkylation sites (tertiary alicyclic amines) is 1. The van der Waals surface area contributed by atoms with Gasteiger partial charge in [0.05, 0.1) is 0 Å². The molecule has 0 bridgehead atoms. The zero-order valence-electron chi connectivity index (χ0n) is 9.65. The number of benzene rings is 1. The third kappa shape index (κ3) is 1.71. The first kappa shape index (κ1) is 10.2. The van der Waals surface area contributed by atoms with Gasteiger partial charge < -0.3 is 5.11 Å². The molecular weight excluding hydrogens is 198 g/mol. The van der Waals surface area contributed by atoms with Crippen molar-refractivity contribution in [1.29, 1.82) is 0 Å². The van der Waals surface area contributed by atoms with Crippen LogP contribution in [0.25, 0.3) is 0 Å². The number of nitrogens with zero attached hydrogens (tertiary/aromatic N) is 1. The summed E-state index contributed by atoms with van der Waals surface area (Å²) in [5, 5.41) is 9.63. The van der Waals surface area contributed by atoms with Gasteiger partial charge in [-0.2, -0.15) is 0 Å². The van der Waals surface area contributed by atoms with Gasteiger partial charge >= 0.3 is 0 Å². The average Bonchev–Trinajstić information content (AvgIpc) is 2.81. The highest BCUT2D eigenvalue weighted by Gasteiger charge is 2.27. The maximum absolute atomic E-state index is 9.63. The van der Waals surface area contributed by atoms with Gasteiger partial charge in [-0.25, -0.2) is 0 Å². The summed E-state index contributed by atoms with van der Waals surface area (Å²) in [7, 11) is 0. The fourth-order valence-corrected chi connectivity index (χ4v) is 3.19. The maximum Gasteiger partial charge on any atom is 0.115 e. The number of aromatic hydroxyl groups is 1. The second kappa shape index (κ2) is 4.10. The van der Waals surface area contributed by atoms with Crippen LogP contribution in [0.15, 0.2) is 18.2 Å². The number of hydrogen-bond acceptors (Lipinski definition) is 2. The standard InChI is InChI=1S/C14H19NO/c16-12-7-6-11-4-3-5-14(13(11)10-12)15-8-1-2-9-15/h6-7,10,14,16H,1-5,8-9H2. The molecule has 1 unspecified atom stereocenters. The van der Waals surface area contributed by atoms with Crippen LogP contribution in [0.2, 0.25) is 0 Å².